The Morgan fingerprint density at radius 1 is 0.938 bits per heavy atom. The molecule has 0 spiro atoms. The first-order valence-electron chi connectivity index (χ1n) is 10.5. The maximum atomic E-state index is 5.47. The number of nitrogens with zero attached hydrogens (tertiary/aromatic N) is 6. The van der Waals surface area contributed by atoms with Gasteiger partial charge in [-0.2, -0.15) is 20.1 Å². The zero-order valence-corrected chi connectivity index (χ0v) is 18.8. The third-order valence-electron chi connectivity index (χ3n) is 5.09. The molecule has 11 nitrogen and oxygen atoms in total. The smallest absolute Gasteiger partial charge is 0.233 e. The molecule has 2 fully saturated rings. The number of nitrogens with one attached hydrogen (secondary N) is 2. The third-order valence-corrected chi connectivity index (χ3v) is 5.18. The summed E-state index contributed by atoms with van der Waals surface area (Å²) in [5.41, 5.74) is 10.6. The monoisotopic (exact) mass is 457 g/mol. The lowest BCUT2D eigenvalue weighted by molar-refractivity contribution is 0.121. The molecule has 0 amide bonds. The summed E-state index contributed by atoms with van der Waals surface area (Å²) >= 11 is 4.78. The standard InChI is InChI=1S/C20H27N9O2S/c1-14(26-27-17(21)32)15-2-4-16(5-3-15)22-18-23-19(28-6-10-30-11-7-28)25-20(24-18)29-8-12-31-13-9-29/h2-5H,6-13H2,1H3,(H3,21,27,32)(H,22,23,24,25). The molecule has 0 aliphatic carbocycles. The molecule has 2 aliphatic rings. The Morgan fingerprint density at radius 3 is 1.97 bits per heavy atom. The fraction of sp³-hybridized carbons (Fsp3) is 0.450. The number of nitrogens with two attached hydrogens (primary N) is 1. The zero-order chi connectivity index (χ0) is 22.3. The van der Waals surface area contributed by atoms with Gasteiger partial charge in [-0.15, -0.1) is 0 Å². The fourth-order valence-corrected chi connectivity index (χ4v) is 3.39. The van der Waals surface area contributed by atoms with Crippen LogP contribution in [0.1, 0.15) is 12.5 Å². The van der Waals surface area contributed by atoms with Crippen LogP contribution in [-0.4, -0.2) is 78.4 Å². The Hall–Kier alpha value is -3.09. The van der Waals surface area contributed by atoms with E-state index in [1.165, 1.54) is 0 Å². The lowest BCUT2D eigenvalue weighted by Crippen LogP contribution is -2.40. The maximum absolute atomic E-state index is 5.47. The van der Waals surface area contributed by atoms with E-state index in [0.717, 1.165) is 43.1 Å². The van der Waals surface area contributed by atoms with E-state index in [9.17, 15) is 0 Å². The molecule has 1 aromatic heterocycles. The van der Waals surface area contributed by atoms with Crippen LogP contribution in [0.4, 0.5) is 23.5 Å². The molecular weight excluding hydrogens is 430 g/mol. The summed E-state index contributed by atoms with van der Waals surface area (Å²) in [5, 5.41) is 7.58. The molecular formula is C20H27N9O2S. The second-order valence-electron chi connectivity index (χ2n) is 7.33. The van der Waals surface area contributed by atoms with Crippen LogP contribution in [0.15, 0.2) is 29.4 Å². The van der Waals surface area contributed by atoms with Crippen LogP contribution in [0, 0.1) is 0 Å². The number of rotatable bonds is 6. The van der Waals surface area contributed by atoms with Gasteiger partial charge in [0.15, 0.2) is 5.11 Å². The number of benzene rings is 1. The van der Waals surface area contributed by atoms with Gasteiger partial charge >= 0.3 is 0 Å². The lowest BCUT2D eigenvalue weighted by Gasteiger charge is -2.30. The van der Waals surface area contributed by atoms with Crippen LogP contribution < -0.4 is 26.3 Å². The number of hydrogen-bond acceptors (Lipinski definition) is 10. The topological polar surface area (TPSA) is 126 Å². The first-order valence-corrected chi connectivity index (χ1v) is 10.9. The van der Waals surface area contributed by atoms with Crippen LogP contribution >= 0.6 is 12.2 Å². The first kappa shape index (κ1) is 22.1. The summed E-state index contributed by atoms with van der Waals surface area (Å²) in [6, 6.07) is 7.80. The average molecular weight is 458 g/mol. The molecule has 3 heterocycles. The van der Waals surface area contributed by atoms with Crippen molar-refractivity contribution in [3.8, 4) is 0 Å². The Balaban J connectivity index is 1.55. The van der Waals surface area contributed by atoms with Crippen LogP contribution in [0.5, 0.6) is 0 Å². The number of anilines is 4. The summed E-state index contributed by atoms with van der Waals surface area (Å²) in [6.07, 6.45) is 0. The Morgan fingerprint density at radius 2 is 1.47 bits per heavy atom. The summed E-state index contributed by atoms with van der Waals surface area (Å²) in [7, 11) is 0. The third kappa shape index (κ3) is 5.78. The van der Waals surface area contributed by atoms with Crippen LogP contribution in [0.2, 0.25) is 0 Å². The van der Waals surface area contributed by atoms with Crippen molar-refractivity contribution in [3.05, 3.63) is 29.8 Å². The Kier molecular flexibility index (Phi) is 7.24. The van der Waals surface area contributed by atoms with Crippen molar-refractivity contribution in [1.82, 2.24) is 20.4 Å². The van der Waals surface area contributed by atoms with E-state index in [2.05, 4.69) is 35.6 Å². The van der Waals surface area contributed by atoms with Gasteiger partial charge in [-0.3, -0.25) is 5.43 Å². The maximum Gasteiger partial charge on any atom is 0.233 e. The first-order chi connectivity index (χ1) is 15.6. The number of hydrogen-bond donors (Lipinski definition) is 3. The van der Waals surface area contributed by atoms with Crippen molar-refractivity contribution in [2.24, 2.45) is 10.8 Å². The molecule has 1 aromatic carbocycles. The zero-order valence-electron chi connectivity index (χ0n) is 18.0. The normalized spacial score (nSPS) is 17.2. The lowest BCUT2D eigenvalue weighted by atomic mass is 10.1. The van der Waals surface area contributed by atoms with Crippen molar-refractivity contribution >= 4 is 46.6 Å². The summed E-state index contributed by atoms with van der Waals surface area (Å²) in [6.45, 7) is 7.52. The SMILES string of the molecule is CC(=NNC(N)=S)c1ccc(Nc2nc(N3CCOCC3)nc(N3CCOCC3)n2)cc1. The van der Waals surface area contributed by atoms with Crippen LogP contribution in [-0.2, 0) is 9.47 Å². The van der Waals surface area contributed by atoms with E-state index >= 15 is 0 Å². The van der Waals surface area contributed by atoms with E-state index in [1.54, 1.807) is 0 Å². The summed E-state index contributed by atoms with van der Waals surface area (Å²) in [4.78, 5) is 18.3. The molecule has 12 heteroatoms. The Bertz CT molecular complexity index is 922. The average Bonchev–Trinajstić information content (AvgIpc) is 2.84. The molecule has 2 aromatic rings. The molecule has 0 atom stereocenters. The predicted octanol–water partition coefficient (Wildman–Crippen LogP) is 0.846. The second-order valence-corrected chi connectivity index (χ2v) is 7.77. The summed E-state index contributed by atoms with van der Waals surface area (Å²) in [5.74, 6) is 1.79. The highest BCUT2D eigenvalue weighted by Gasteiger charge is 2.20. The van der Waals surface area contributed by atoms with Gasteiger partial charge in [0.2, 0.25) is 17.8 Å². The van der Waals surface area contributed by atoms with Gasteiger partial charge in [-0.25, -0.2) is 0 Å². The van der Waals surface area contributed by atoms with E-state index in [-0.39, 0.29) is 5.11 Å². The van der Waals surface area contributed by atoms with Crippen LogP contribution in [0.3, 0.4) is 0 Å². The molecule has 32 heavy (non-hydrogen) atoms. The van der Waals surface area contributed by atoms with Crippen molar-refractivity contribution in [3.63, 3.8) is 0 Å². The highest BCUT2D eigenvalue weighted by Crippen LogP contribution is 2.21. The molecule has 4 N–H and O–H groups in total. The molecule has 0 saturated carbocycles. The number of aromatic nitrogens is 3. The van der Waals surface area contributed by atoms with Crippen molar-refractivity contribution < 1.29 is 9.47 Å². The van der Waals surface area contributed by atoms with Gasteiger partial charge < -0.3 is 30.3 Å². The summed E-state index contributed by atoms with van der Waals surface area (Å²) < 4.78 is 10.9. The highest BCUT2D eigenvalue weighted by molar-refractivity contribution is 7.80. The molecule has 0 radical (unpaired) electrons. The highest BCUT2D eigenvalue weighted by atomic mass is 32.1. The molecule has 4 rings (SSSR count). The number of hydrazone groups is 1. The van der Waals surface area contributed by atoms with Gasteiger partial charge in [-0.05, 0) is 36.8 Å². The van der Waals surface area contributed by atoms with Crippen molar-refractivity contribution in [1.29, 1.82) is 0 Å². The number of thiocarbonyl (C=S) groups is 1. The molecule has 2 aliphatic heterocycles. The van der Waals surface area contributed by atoms with Gasteiger partial charge in [-0.1, -0.05) is 12.1 Å². The molecule has 2 saturated heterocycles. The minimum absolute atomic E-state index is 0.129. The van der Waals surface area contributed by atoms with E-state index < -0.39 is 0 Å². The number of ether oxygens (including phenoxy) is 2. The predicted molar refractivity (Wildman–Crippen MR) is 128 cm³/mol. The molecule has 0 unspecified atom stereocenters. The Labute approximate surface area is 192 Å². The molecule has 170 valence electrons. The van der Waals surface area contributed by atoms with Gasteiger partial charge in [0, 0.05) is 31.9 Å². The quantitative estimate of drug-likeness (QED) is 0.325. The van der Waals surface area contributed by atoms with Crippen LogP contribution in [0.25, 0.3) is 0 Å². The second kappa shape index (κ2) is 10.5. The number of morpholine rings is 2. The van der Waals surface area contributed by atoms with E-state index in [0.29, 0.717) is 44.3 Å². The van der Waals surface area contributed by atoms with E-state index in [4.69, 9.17) is 32.4 Å². The van der Waals surface area contributed by atoms with Gasteiger partial charge in [0.05, 0.1) is 32.1 Å². The van der Waals surface area contributed by atoms with Crippen molar-refractivity contribution in [2.45, 2.75) is 6.92 Å². The molecule has 0 bridgehead atoms. The minimum Gasteiger partial charge on any atom is -0.378 e. The van der Waals surface area contributed by atoms with E-state index in [1.807, 2.05) is 31.2 Å². The minimum atomic E-state index is 0.129. The van der Waals surface area contributed by atoms with Crippen molar-refractivity contribution in [2.75, 3.05) is 67.7 Å². The van der Waals surface area contributed by atoms with Gasteiger partial charge in [0.25, 0.3) is 0 Å². The van der Waals surface area contributed by atoms with Gasteiger partial charge in [0.1, 0.15) is 0 Å². The largest absolute Gasteiger partial charge is 0.378 e. The fourth-order valence-electron chi connectivity index (χ4n) is 3.35.